The van der Waals surface area contributed by atoms with E-state index in [1.807, 2.05) is 0 Å². The number of benzene rings is 2. The molecule has 0 aromatic heterocycles. The van der Waals surface area contributed by atoms with Gasteiger partial charge in [-0.05, 0) is 30.3 Å². The van der Waals surface area contributed by atoms with E-state index in [1.54, 1.807) is 0 Å². The Labute approximate surface area is 149 Å². The third-order valence-corrected chi connectivity index (χ3v) is 3.22. The smallest absolute Gasteiger partial charge is 0.465 e. The summed E-state index contributed by atoms with van der Waals surface area (Å²) in [6.45, 7) is 0. The zero-order chi connectivity index (χ0) is 20.2. The number of methoxy groups -OCH3 is 1. The number of rotatable bonds is 5. The number of ether oxygens (including phenoxy) is 2. The van der Waals surface area contributed by atoms with Crippen LogP contribution in [0, 0.1) is 10.1 Å². The molecular formula is C16H11F3N2O6. The van der Waals surface area contributed by atoms with Crippen LogP contribution in [0.4, 0.5) is 24.5 Å². The van der Waals surface area contributed by atoms with Crippen LogP contribution in [0.3, 0.4) is 0 Å². The summed E-state index contributed by atoms with van der Waals surface area (Å²) >= 11 is 0. The highest BCUT2D eigenvalue weighted by Gasteiger charge is 2.31. The predicted molar refractivity (Wildman–Crippen MR) is 85.5 cm³/mol. The normalized spacial score (nSPS) is 10.8. The number of halogens is 3. The van der Waals surface area contributed by atoms with Gasteiger partial charge in [0.05, 0.1) is 23.3 Å². The van der Waals surface area contributed by atoms with Gasteiger partial charge in [-0.1, -0.05) is 0 Å². The van der Waals surface area contributed by atoms with Gasteiger partial charge in [0.1, 0.15) is 5.75 Å². The van der Waals surface area contributed by atoms with Crippen molar-refractivity contribution in [3.8, 4) is 5.75 Å². The van der Waals surface area contributed by atoms with Crippen molar-refractivity contribution in [2.45, 2.75) is 6.36 Å². The molecule has 0 unspecified atom stereocenters. The van der Waals surface area contributed by atoms with Crippen molar-refractivity contribution in [1.82, 2.24) is 0 Å². The average molecular weight is 384 g/mol. The first-order chi connectivity index (χ1) is 12.6. The van der Waals surface area contributed by atoms with E-state index in [2.05, 4.69) is 14.8 Å². The number of nitro groups is 1. The van der Waals surface area contributed by atoms with E-state index in [-0.39, 0.29) is 22.5 Å². The van der Waals surface area contributed by atoms with Crippen LogP contribution in [0.15, 0.2) is 42.5 Å². The van der Waals surface area contributed by atoms with Gasteiger partial charge in [0.2, 0.25) is 0 Å². The maximum absolute atomic E-state index is 12.3. The van der Waals surface area contributed by atoms with Crippen molar-refractivity contribution in [2.75, 3.05) is 12.4 Å². The van der Waals surface area contributed by atoms with E-state index >= 15 is 0 Å². The summed E-state index contributed by atoms with van der Waals surface area (Å²) in [4.78, 5) is 34.2. The molecule has 0 fully saturated rings. The molecule has 2 rings (SSSR count). The van der Waals surface area contributed by atoms with Crippen LogP contribution in [-0.2, 0) is 4.74 Å². The summed E-state index contributed by atoms with van der Waals surface area (Å²) in [5, 5.41) is 13.2. The number of amides is 1. The highest BCUT2D eigenvalue weighted by Crippen LogP contribution is 2.25. The molecule has 11 heteroatoms. The van der Waals surface area contributed by atoms with Gasteiger partial charge in [-0.2, -0.15) is 0 Å². The summed E-state index contributed by atoms with van der Waals surface area (Å²) in [5.41, 5.74) is -0.760. The highest BCUT2D eigenvalue weighted by atomic mass is 19.4. The molecule has 8 nitrogen and oxygen atoms in total. The molecule has 0 saturated heterocycles. The fourth-order valence-corrected chi connectivity index (χ4v) is 2.04. The molecule has 0 radical (unpaired) electrons. The lowest BCUT2D eigenvalue weighted by Gasteiger charge is -2.11. The molecule has 1 amide bonds. The van der Waals surface area contributed by atoms with Crippen molar-refractivity contribution in [3.63, 3.8) is 0 Å². The molecule has 0 aliphatic carbocycles. The fraction of sp³-hybridized carbons (Fsp3) is 0.125. The summed E-state index contributed by atoms with van der Waals surface area (Å²) in [6, 6.07) is 7.11. The molecular weight excluding hydrogens is 373 g/mol. The maximum Gasteiger partial charge on any atom is 0.573 e. The second-order valence-corrected chi connectivity index (χ2v) is 5.00. The van der Waals surface area contributed by atoms with Crippen molar-refractivity contribution in [3.05, 3.63) is 63.7 Å². The molecule has 0 saturated carbocycles. The molecule has 0 bridgehead atoms. The van der Waals surface area contributed by atoms with E-state index in [9.17, 15) is 32.9 Å². The molecule has 27 heavy (non-hydrogen) atoms. The van der Waals surface area contributed by atoms with Gasteiger partial charge < -0.3 is 14.8 Å². The van der Waals surface area contributed by atoms with Gasteiger partial charge in [0.15, 0.2) is 0 Å². The number of esters is 1. The topological polar surface area (TPSA) is 108 Å². The van der Waals surface area contributed by atoms with Crippen LogP contribution in [-0.4, -0.2) is 30.3 Å². The van der Waals surface area contributed by atoms with Gasteiger partial charge in [-0.3, -0.25) is 14.9 Å². The van der Waals surface area contributed by atoms with E-state index < -0.39 is 28.9 Å². The average Bonchev–Trinajstić information content (AvgIpc) is 2.60. The first-order valence-electron chi connectivity index (χ1n) is 7.14. The minimum atomic E-state index is -4.87. The molecule has 2 aromatic rings. The van der Waals surface area contributed by atoms with Crippen LogP contribution in [0.25, 0.3) is 0 Å². The van der Waals surface area contributed by atoms with Crippen molar-refractivity contribution >= 4 is 23.3 Å². The quantitative estimate of drug-likeness (QED) is 0.480. The lowest BCUT2D eigenvalue weighted by Crippen LogP contribution is -2.18. The van der Waals surface area contributed by atoms with E-state index in [0.29, 0.717) is 0 Å². The van der Waals surface area contributed by atoms with Gasteiger partial charge >= 0.3 is 12.3 Å². The zero-order valence-electron chi connectivity index (χ0n) is 13.6. The second-order valence-electron chi connectivity index (χ2n) is 5.00. The Hall–Kier alpha value is -3.63. The standard InChI is InChI=1S/C16H11F3N2O6/c1-26-15(23)12-7-4-10(21(24)25)8-13(12)20-14(22)9-2-5-11(6-3-9)27-16(17,18)19/h2-8H,1H3,(H,20,22). The Kier molecular flexibility index (Phi) is 5.63. The molecule has 142 valence electrons. The van der Waals surface area contributed by atoms with E-state index in [0.717, 1.165) is 49.6 Å². The van der Waals surface area contributed by atoms with Gasteiger partial charge in [0.25, 0.3) is 11.6 Å². The van der Waals surface area contributed by atoms with Gasteiger partial charge in [-0.15, -0.1) is 13.2 Å². The summed E-state index contributed by atoms with van der Waals surface area (Å²) in [6.07, 6.45) is -4.87. The van der Waals surface area contributed by atoms with Crippen molar-refractivity contribution < 1.29 is 37.2 Å². The summed E-state index contributed by atoms with van der Waals surface area (Å²) in [7, 11) is 1.09. The third kappa shape index (κ3) is 5.17. The number of alkyl halides is 3. The molecule has 0 heterocycles. The van der Waals surface area contributed by atoms with Crippen LogP contribution >= 0.6 is 0 Å². The third-order valence-electron chi connectivity index (χ3n) is 3.22. The molecule has 0 spiro atoms. The molecule has 1 N–H and O–H groups in total. The van der Waals surface area contributed by atoms with E-state index in [4.69, 9.17) is 0 Å². The lowest BCUT2D eigenvalue weighted by molar-refractivity contribution is -0.384. The number of nitro benzene ring substituents is 1. The fourth-order valence-electron chi connectivity index (χ4n) is 2.04. The largest absolute Gasteiger partial charge is 0.573 e. The SMILES string of the molecule is COC(=O)c1ccc([N+](=O)[O-])cc1NC(=O)c1ccc(OC(F)(F)F)cc1. The minimum absolute atomic E-state index is 0.0631. The number of carbonyl (C=O) groups excluding carboxylic acids is 2. The molecule has 0 aliphatic heterocycles. The predicted octanol–water partition coefficient (Wildman–Crippen LogP) is 3.53. The summed E-state index contributed by atoms with van der Waals surface area (Å²) in [5.74, 6) is -2.17. The number of nitrogens with zero attached hydrogens (tertiary/aromatic N) is 1. The monoisotopic (exact) mass is 384 g/mol. The maximum atomic E-state index is 12.3. The number of carbonyl (C=O) groups is 2. The number of nitrogens with one attached hydrogen (secondary N) is 1. The van der Waals surface area contributed by atoms with Gasteiger partial charge in [-0.25, -0.2) is 4.79 Å². The van der Waals surface area contributed by atoms with Crippen LogP contribution in [0.1, 0.15) is 20.7 Å². The van der Waals surface area contributed by atoms with Crippen molar-refractivity contribution in [2.24, 2.45) is 0 Å². The first kappa shape index (κ1) is 19.7. The molecule has 2 aromatic carbocycles. The molecule has 0 atom stereocenters. The number of non-ortho nitro benzene ring substituents is 1. The Morgan fingerprint density at radius 2 is 1.74 bits per heavy atom. The van der Waals surface area contributed by atoms with Crippen LogP contribution < -0.4 is 10.1 Å². The van der Waals surface area contributed by atoms with Crippen LogP contribution in [0.5, 0.6) is 5.75 Å². The van der Waals surface area contributed by atoms with Gasteiger partial charge in [0, 0.05) is 17.7 Å². The lowest BCUT2D eigenvalue weighted by atomic mass is 10.1. The van der Waals surface area contributed by atoms with Crippen molar-refractivity contribution in [1.29, 1.82) is 0 Å². The first-order valence-corrected chi connectivity index (χ1v) is 7.14. The van der Waals surface area contributed by atoms with Crippen LogP contribution in [0.2, 0.25) is 0 Å². The Morgan fingerprint density at radius 1 is 1.11 bits per heavy atom. The van der Waals surface area contributed by atoms with E-state index in [1.165, 1.54) is 0 Å². The number of hydrogen-bond acceptors (Lipinski definition) is 6. The Bertz CT molecular complexity index is 881. The number of anilines is 1. The second kappa shape index (κ2) is 7.72. The summed E-state index contributed by atoms with van der Waals surface area (Å²) < 4.78 is 44.7. The highest BCUT2D eigenvalue weighted by molar-refractivity contribution is 6.08. The Morgan fingerprint density at radius 3 is 2.26 bits per heavy atom. The number of hydrogen-bond donors (Lipinski definition) is 1. The zero-order valence-corrected chi connectivity index (χ0v) is 13.6. The molecule has 0 aliphatic rings. The Balaban J connectivity index is 2.27. The minimum Gasteiger partial charge on any atom is -0.465 e.